The van der Waals surface area contributed by atoms with Crippen LogP contribution in [0.1, 0.15) is 5.56 Å². The first-order chi connectivity index (χ1) is 14.3. The number of hydrogen-bond donors (Lipinski definition) is 1. The summed E-state index contributed by atoms with van der Waals surface area (Å²) in [6.07, 6.45) is 3.15. The fourth-order valence-electron chi connectivity index (χ4n) is 3.08. The number of hydrogen-bond acceptors (Lipinski definition) is 7. The summed E-state index contributed by atoms with van der Waals surface area (Å²) in [6.45, 7) is 0. The van der Waals surface area contributed by atoms with Crippen molar-refractivity contribution in [2.45, 2.75) is 10.9 Å². The fraction of sp³-hybridized carbons (Fsp3) is 0.0476. The van der Waals surface area contributed by atoms with Crippen molar-refractivity contribution in [2.75, 3.05) is 0 Å². The first-order valence-corrected chi connectivity index (χ1v) is 9.83. The van der Waals surface area contributed by atoms with Crippen LogP contribution in [-0.2, 0) is 5.75 Å². The number of nitrogens with zero attached hydrogens (tertiary/aromatic N) is 3. The molecule has 0 saturated carbocycles. The minimum Gasteiger partial charge on any atom is -0.463 e. The molecule has 5 aromatic rings. The van der Waals surface area contributed by atoms with Gasteiger partial charge in [-0.3, -0.25) is 4.79 Å². The molecule has 0 unspecified atom stereocenters. The quantitative estimate of drug-likeness (QED) is 0.431. The van der Waals surface area contributed by atoms with Gasteiger partial charge in [-0.15, -0.1) is 10.2 Å². The normalized spacial score (nSPS) is 11.2. The monoisotopic (exact) mass is 402 g/mol. The molecule has 142 valence electrons. The van der Waals surface area contributed by atoms with Gasteiger partial charge in [0.25, 0.3) is 0 Å². The van der Waals surface area contributed by atoms with Crippen LogP contribution < -0.4 is 5.56 Å². The van der Waals surface area contributed by atoms with E-state index < -0.39 is 0 Å². The van der Waals surface area contributed by atoms with Crippen LogP contribution in [0.15, 0.2) is 85.9 Å². The highest BCUT2D eigenvalue weighted by Gasteiger charge is 2.18. The maximum absolute atomic E-state index is 12.0. The van der Waals surface area contributed by atoms with Crippen LogP contribution in [0.4, 0.5) is 0 Å². The topological polar surface area (TPSA) is 97.8 Å². The van der Waals surface area contributed by atoms with E-state index in [1.54, 1.807) is 36.8 Å². The zero-order valence-corrected chi connectivity index (χ0v) is 15.8. The molecule has 0 fully saturated rings. The molecule has 0 aliphatic heterocycles. The lowest BCUT2D eigenvalue weighted by Gasteiger charge is -2.07. The zero-order valence-electron chi connectivity index (χ0n) is 15.0. The Bertz CT molecular complexity index is 1330. The Morgan fingerprint density at radius 3 is 2.41 bits per heavy atom. The van der Waals surface area contributed by atoms with Crippen molar-refractivity contribution in [3.8, 4) is 22.9 Å². The largest absolute Gasteiger partial charge is 0.463 e. The third-order valence-corrected chi connectivity index (χ3v) is 5.26. The van der Waals surface area contributed by atoms with E-state index in [4.69, 9.17) is 8.83 Å². The van der Waals surface area contributed by atoms with Crippen LogP contribution in [0.25, 0.3) is 33.8 Å². The predicted molar refractivity (Wildman–Crippen MR) is 109 cm³/mol. The molecule has 4 aromatic heterocycles. The number of benzene rings is 1. The molecule has 7 nitrogen and oxygen atoms in total. The summed E-state index contributed by atoms with van der Waals surface area (Å²) in [5.41, 5.74) is 2.64. The molecule has 0 saturated heterocycles. The van der Waals surface area contributed by atoms with Crippen molar-refractivity contribution in [1.29, 1.82) is 0 Å². The Balaban J connectivity index is 1.50. The molecule has 4 heterocycles. The average molecular weight is 402 g/mol. The lowest BCUT2D eigenvalue weighted by molar-refractivity contribution is 0.567. The van der Waals surface area contributed by atoms with E-state index in [0.29, 0.717) is 33.8 Å². The van der Waals surface area contributed by atoms with Gasteiger partial charge in [0.1, 0.15) is 5.69 Å². The second-order valence-electron chi connectivity index (χ2n) is 6.24. The maximum Gasteiger partial charge on any atom is 0.248 e. The number of fused-ring (bicyclic) bond motifs is 1. The maximum atomic E-state index is 12.0. The van der Waals surface area contributed by atoms with Crippen molar-refractivity contribution in [3.05, 3.63) is 83.0 Å². The van der Waals surface area contributed by atoms with Crippen LogP contribution >= 0.6 is 11.8 Å². The smallest absolute Gasteiger partial charge is 0.248 e. The van der Waals surface area contributed by atoms with Gasteiger partial charge < -0.3 is 13.8 Å². The van der Waals surface area contributed by atoms with E-state index in [1.807, 2.05) is 30.3 Å². The molecular formula is C21H14N4O3S. The van der Waals surface area contributed by atoms with E-state index in [-0.39, 0.29) is 5.56 Å². The average Bonchev–Trinajstić information content (AvgIpc) is 3.46. The molecule has 0 amide bonds. The minimum absolute atomic E-state index is 0.136. The number of pyridine rings is 1. The first kappa shape index (κ1) is 17.4. The van der Waals surface area contributed by atoms with Gasteiger partial charge in [-0.25, -0.2) is 4.98 Å². The lowest BCUT2D eigenvalue weighted by atomic mass is 10.1. The number of aromatic nitrogens is 4. The molecular weight excluding hydrogens is 388 g/mol. The number of furan rings is 2. The van der Waals surface area contributed by atoms with Crippen molar-refractivity contribution >= 4 is 22.7 Å². The summed E-state index contributed by atoms with van der Waals surface area (Å²) >= 11 is 1.40. The molecule has 0 aliphatic carbocycles. The van der Waals surface area contributed by atoms with Crippen LogP contribution in [-0.4, -0.2) is 20.2 Å². The molecule has 0 aliphatic rings. The third kappa shape index (κ3) is 3.45. The van der Waals surface area contributed by atoms with E-state index in [2.05, 4.69) is 20.2 Å². The van der Waals surface area contributed by atoms with Crippen molar-refractivity contribution < 1.29 is 8.83 Å². The van der Waals surface area contributed by atoms with Gasteiger partial charge in [-0.05, 0) is 35.9 Å². The Labute approximate surface area is 168 Å². The highest BCUT2D eigenvalue weighted by Crippen LogP contribution is 2.31. The second kappa shape index (κ2) is 7.40. The Morgan fingerprint density at radius 2 is 1.66 bits per heavy atom. The molecule has 1 aromatic carbocycles. The number of thioether (sulfide) groups is 1. The van der Waals surface area contributed by atoms with E-state index in [0.717, 1.165) is 16.5 Å². The predicted octanol–water partition coefficient (Wildman–Crippen LogP) is 4.53. The summed E-state index contributed by atoms with van der Waals surface area (Å²) < 4.78 is 11.0. The van der Waals surface area contributed by atoms with Gasteiger partial charge in [-0.2, -0.15) is 0 Å². The van der Waals surface area contributed by atoms with Crippen molar-refractivity contribution in [1.82, 2.24) is 20.2 Å². The number of H-pyrrole nitrogens is 1. The summed E-state index contributed by atoms with van der Waals surface area (Å²) in [5.74, 6) is 1.67. The molecule has 0 radical (unpaired) electrons. The summed E-state index contributed by atoms with van der Waals surface area (Å²) in [6, 6.07) is 16.5. The van der Waals surface area contributed by atoms with E-state index >= 15 is 0 Å². The molecule has 1 N–H and O–H groups in total. The highest BCUT2D eigenvalue weighted by atomic mass is 32.2. The van der Waals surface area contributed by atoms with Crippen LogP contribution in [0.2, 0.25) is 0 Å². The fourth-order valence-corrected chi connectivity index (χ4v) is 3.85. The summed E-state index contributed by atoms with van der Waals surface area (Å²) in [4.78, 5) is 19.5. The standard InChI is InChI=1S/C21H14N4O3S/c26-18-11-13(14-5-1-2-6-15(14)22-18)12-29-21-23-19(16-7-3-9-27-16)20(24-25-21)17-8-4-10-28-17/h1-11H,12H2,(H,22,26). The molecule has 0 bridgehead atoms. The highest BCUT2D eigenvalue weighted by molar-refractivity contribution is 7.98. The first-order valence-electron chi connectivity index (χ1n) is 8.84. The minimum atomic E-state index is -0.136. The second-order valence-corrected chi connectivity index (χ2v) is 7.18. The van der Waals surface area contributed by atoms with E-state index in [9.17, 15) is 4.79 Å². The molecule has 0 spiro atoms. The Kier molecular flexibility index (Phi) is 4.45. The molecule has 8 heteroatoms. The van der Waals surface area contributed by atoms with Gasteiger partial charge in [0.05, 0.1) is 12.5 Å². The number of rotatable bonds is 5. The van der Waals surface area contributed by atoms with Crippen molar-refractivity contribution in [2.24, 2.45) is 0 Å². The lowest BCUT2D eigenvalue weighted by Crippen LogP contribution is -2.06. The third-order valence-electron chi connectivity index (χ3n) is 4.37. The summed E-state index contributed by atoms with van der Waals surface area (Å²) in [7, 11) is 0. The SMILES string of the molecule is O=c1cc(CSc2nnc(-c3ccco3)c(-c3ccco3)n2)c2ccccc2[nH]1. The van der Waals surface area contributed by atoms with Gasteiger partial charge in [0.2, 0.25) is 10.7 Å². The molecule has 5 rings (SSSR count). The number of nitrogens with one attached hydrogen (secondary N) is 1. The molecule has 0 atom stereocenters. The number of para-hydroxylation sites is 1. The van der Waals surface area contributed by atoms with Gasteiger partial charge in [0.15, 0.2) is 17.2 Å². The van der Waals surface area contributed by atoms with Gasteiger partial charge in [-0.1, -0.05) is 30.0 Å². The Morgan fingerprint density at radius 1 is 0.897 bits per heavy atom. The van der Waals surface area contributed by atoms with Crippen molar-refractivity contribution in [3.63, 3.8) is 0 Å². The number of aromatic amines is 1. The Hall–Kier alpha value is -3.65. The molecule has 29 heavy (non-hydrogen) atoms. The van der Waals surface area contributed by atoms with Gasteiger partial charge in [0, 0.05) is 22.7 Å². The van der Waals surface area contributed by atoms with Crippen LogP contribution in [0.5, 0.6) is 0 Å². The summed E-state index contributed by atoms with van der Waals surface area (Å²) in [5, 5.41) is 10.0. The van der Waals surface area contributed by atoms with Crippen LogP contribution in [0.3, 0.4) is 0 Å². The zero-order chi connectivity index (χ0) is 19.6. The van der Waals surface area contributed by atoms with E-state index in [1.165, 1.54) is 11.8 Å². The van der Waals surface area contributed by atoms with Crippen LogP contribution in [0, 0.1) is 0 Å². The van der Waals surface area contributed by atoms with Gasteiger partial charge >= 0.3 is 0 Å².